The quantitative estimate of drug-likeness (QED) is 0.0221. The zero-order valence-electron chi connectivity index (χ0n) is 43.1. The number of aromatic carboxylic acids is 1. The number of fused-ring (bicyclic) bond motifs is 3. The third-order valence-electron chi connectivity index (χ3n) is 11.0. The number of aromatic amines is 2. The van der Waals surface area contributed by atoms with Crippen molar-refractivity contribution in [3.05, 3.63) is 165 Å². The van der Waals surface area contributed by atoms with Crippen LogP contribution in [-0.2, 0) is 20.1 Å². The van der Waals surface area contributed by atoms with Crippen molar-refractivity contribution in [2.24, 2.45) is 18.6 Å². The number of benzene rings is 6. The number of ether oxygens (including phenoxy) is 4. The molecule has 0 bridgehead atoms. The monoisotopic (exact) mass is 1370 g/mol. The van der Waals surface area contributed by atoms with E-state index in [1.54, 1.807) is 70.4 Å². The Morgan fingerprint density at radius 1 is 0.688 bits per heavy atom. The minimum Gasteiger partial charge on any atom is -0.497 e. The molecule has 0 atom stereocenters. The lowest BCUT2D eigenvalue weighted by Crippen LogP contribution is -2.24. The SMILES string of the molecule is C.CNN.COc1ccc(CN)c(OC)c1.COc1ccc(CNC(=O)c2cc3c(C)[nH]nc3c(Br)c2F)c(OC)c1.Cc1[nH]nc2c(Br)c(F)c(C(=O)O)cc12.Cn1ncc2c(Br)c(F)ccc21.O=Cc1c(F)ccc(F)c1Br. The number of methoxy groups -OCH3 is 4. The van der Waals surface area contributed by atoms with E-state index in [4.69, 9.17) is 29.8 Å². The van der Waals surface area contributed by atoms with Gasteiger partial charge < -0.3 is 35.1 Å². The number of hydrogen-bond acceptors (Lipinski definition) is 13. The van der Waals surface area contributed by atoms with Gasteiger partial charge in [0.05, 0.1) is 74.7 Å². The van der Waals surface area contributed by atoms with E-state index in [9.17, 15) is 36.3 Å². The van der Waals surface area contributed by atoms with Crippen molar-refractivity contribution in [3.8, 4) is 23.0 Å². The lowest BCUT2D eigenvalue weighted by molar-refractivity contribution is 0.0691. The standard InChI is InChI=1S/C18H17BrFN3O3.C9H6BrFN2O2.C9H13NO2.C8H6BrFN2.C7H3BrF2O.CH6N2.CH4/c1-9-12-7-13(16(20)15(19)17(12)23-22-9)18(24)21-8-10-4-5-11(25-2)6-14(10)26-3;1-3-4-2-5(9(14)15)7(11)6(10)8(4)13-12-3;1-11-8-4-3-7(6-10)9(5-8)12-2;1-12-7-3-2-6(10)8(9)5(7)4-11-12;8-7-4(3-11)5(9)1-2-6(7)10;1-3-2;/h4-7H,8H2,1-3H3,(H,21,24)(H,22,23);2H,1H3,(H,12,13)(H,14,15);3-5H,6,10H2,1-2H3;2-4H,1H3;1-3H;3H,2H2,1H3;1H4. The molecule has 1 amide bonds. The first-order chi connectivity index (χ1) is 37.6. The molecule has 0 radical (unpaired) electrons. The molecule has 3 heterocycles. The average molecular weight is 1370 g/mol. The second kappa shape index (κ2) is 31.7. The summed E-state index contributed by atoms with van der Waals surface area (Å²) in [5.41, 5.74) is 12.0. The molecule has 18 nitrogen and oxygen atoms in total. The van der Waals surface area contributed by atoms with Gasteiger partial charge in [-0.25, -0.2) is 26.7 Å². The Labute approximate surface area is 489 Å². The molecule has 0 fully saturated rings. The smallest absolute Gasteiger partial charge is 0.338 e. The number of hydrogen-bond donors (Lipinski definition) is 7. The summed E-state index contributed by atoms with van der Waals surface area (Å²) in [7, 11) is 9.81. The number of nitrogens with zero attached hydrogens (tertiary/aromatic N) is 4. The fourth-order valence-corrected chi connectivity index (χ4v) is 8.74. The maximum atomic E-state index is 14.6. The van der Waals surface area contributed by atoms with Crippen LogP contribution in [0.15, 0.2) is 96.9 Å². The van der Waals surface area contributed by atoms with Gasteiger partial charge in [0.15, 0.2) is 17.9 Å². The first kappa shape index (κ1) is 67.3. The Kier molecular flexibility index (Phi) is 26.6. The molecule has 80 heavy (non-hydrogen) atoms. The van der Waals surface area contributed by atoms with Gasteiger partial charge in [-0.05, 0) is 139 Å². The number of rotatable bonds is 10. The molecule has 0 unspecified atom stereocenters. The van der Waals surface area contributed by atoms with E-state index >= 15 is 0 Å². The van der Waals surface area contributed by atoms with E-state index < -0.39 is 35.1 Å². The highest BCUT2D eigenvalue weighted by Gasteiger charge is 2.21. The third-order valence-corrected chi connectivity index (χ3v) is 14.0. The van der Waals surface area contributed by atoms with Crippen LogP contribution in [0.2, 0.25) is 0 Å². The van der Waals surface area contributed by atoms with Gasteiger partial charge in [-0.2, -0.15) is 15.3 Å². The maximum absolute atomic E-state index is 14.6. The van der Waals surface area contributed by atoms with E-state index in [0.29, 0.717) is 50.0 Å². The van der Waals surface area contributed by atoms with E-state index in [1.165, 1.54) is 25.3 Å². The number of amides is 1. The van der Waals surface area contributed by atoms with Crippen molar-refractivity contribution in [2.45, 2.75) is 34.4 Å². The van der Waals surface area contributed by atoms with Gasteiger partial charge in [0, 0.05) is 70.9 Å². The highest BCUT2D eigenvalue weighted by Crippen LogP contribution is 2.32. The number of H-pyrrole nitrogens is 2. The van der Waals surface area contributed by atoms with Gasteiger partial charge in [-0.3, -0.25) is 35.7 Å². The molecular formula is C53H55Br4F5N10O8. The van der Waals surface area contributed by atoms with Crippen LogP contribution in [0.4, 0.5) is 22.0 Å². The average Bonchev–Trinajstić information content (AvgIpc) is 4.15. The molecule has 428 valence electrons. The van der Waals surface area contributed by atoms with E-state index in [2.05, 4.69) is 106 Å². The molecule has 9 N–H and O–H groups in total. The lowest BCUT2D eigenvalue weighted by Gasteiger charge is -2.12. The molecule has 6 aromatic carbocycles. The van der Waals surface area contributed by atoms with E-state index in [-0.39, 0.29) is 56.2 Å². The predicted octanol–water partition coefficient (Wildman–Crippen LogP) is 12.1. The molecule has 27 heteroatoms. The van der Waals surface area contributed by atoms with Crippen molar-refractivity contribution in [3.63, 3.8) is 0 Å². The first-order valence-corrected chi connectivity index (χ1v) is 25.8. The molecular weight excluding hydrogens is 1320 g/mol. The summed E-state index contributed by atoms with van der Waals surface area (Å²) in [5, 5.41) is 31.0. The van der Waals surface area contributed by atoms with Crippen molar-refractivity contribution < 1.29 is 60.4 Å². The van der Waals surface area contributed by atoms with Gasteiger partial charge >= 0.3 is 5.97 Å². The van der Waals surface area contributed by atoms with Crippen molar-refractivity contribution in [2.75, 3.05) is 35.5 Å². The summed E-state index contributed by atoms with van der Waals surface area (Å²) < 4.78 is 89.1. The maximum Gasteiger partial charge on any atom is 0.338 e. The van der Waals surface area contributed by atoms with Crippen LogP contribution in [0.1, 0.15) is 61.0 Å². The number of nitrogens with one attached hydrogen (secondary N) is 4. The Bertz CT molecular complexity index is 3600. The minimum atomic E-state index is -1.30. The number of carboxylic acid groups (broad SMARTS) is 1. The molecule has 0 aliphatic rings. The minimum absolute atomic E-state index is 0. The van der Waals surface area contributed by atoms with Crippen molar-refractivity contribution in [1.82, 2.24) is 40.9 Å². The highest BCUT2D eigenvalue weighted by molar-refractivity contribution is 9.11. The Hall–Kier alpha value is -7.01. The van der Waals surface area contributed by atoms with Crippen LogP contribution in [-0.4, -0.2) is 88.9 Å². The van der Waals surface area contributed by atoms with Gasteiger partial charge in [-0.15, -0.1) is 0 Å². The Morgan fingerprint density at radius 3 is 1.62 bits per heavy atom. The second-order valence-corrected chi connectivity index (χ2v) is 19.0. The molecule has 0 saturated heterocycles. The van der Waals surface area contributed by atoms with Gasteiger partial charge in [0.1, 0.15) is 51.5 Å². The number of aromatic nitrogens is 6. The number of halogens is 9. The number of aldehydes is 1. The van der Waals surface area contributed by atoms with E-state index in [1.807, 2.05) is 32.2 Å². The first-order valence-electron chi connectivity index (χ1n) is 22.6. The molecule has 0 aliphatic carbocycles. The Morgan fingerprint density at radius 2 is 1.15 bits per heavy atom. The number of hydrazine groups is 1. The zero-order chi connectivity index (χ0) is 58.8. The summed E-state index contributed by atoms with van der Waals surface area (Å²) in [6.07, 6.45) is 1.91. The van der Waals surface area contributed by atoms with Crippen LogP contribution in [0.5, 0.6) is 23.0 Å². The molecule has 0 saturated carbocycles. The summed E-state index contributed by atoms with van der Waals surface area (Å²) in [6.45, 7) is 4.22. The van der Waals surface area contributed by atoms with Gasteiger partial charge in [0.2, 0.25) is 0 Å². The summed E-state index contributed by atoms with van der Waals surface area (Å²) in [4.78, 5) is 33.4. The fraction of sp³-hybridized carbons (Fsp3) is 0.208. The summed E-state index contributed by atoms with van der Waals surface area (Å²) >= 11 is 12.1. The van der Waals surface area contributed by atoms with Crippen LogP contribution in [0.3, 0.4) is 0 Å². The topological polar surface area (TPSA) is 260 Å². The van der Waals surface area contributed by atoms with Crippen LogP contribution in [0.25, 0.3) is 32.7 Å². The van der Waals surface area contributed by atoms with Gasteiger partial charge in [-0.1, -0.05) is 13.5 Å². The zero-order valence-corrected chi connectivity index (χ0v) is 49.5. The predicted molar refractivity (Wildman–Crippen MR) is 310 cm³/mol. The number of aryl methyl sites for hydroxylation is 3. The van der Waals surface area contributed by atoms with E-state index in [0.717, 1.165) is 51.4 Å². The van der Waals surface area contributed by atoms with Crippen LogP contribution >= 0.6 is 63.7 Å². The molecule has 9 aromatic rings. The largest absolute Gasteiger partial charge is 0.497 e. The van der Waals surface area contributed by atoms with Crippen molar-refractivity contribution in [1.29, 1.82) is 0 Å². The lowest BCUT2D eigenvalue weighted by atomic mass is 10.1. The Balaban J connectivity index is 0.000000270. The van der Waals surface area contributed by atoms with Crippen LogP contribution in [0, 0.1) is 42.9 Å². The molecule has 3 aromatic heterocycles. The number of carboxylic acids is 1. The van der Waals surface area contributed by atoms with Crippen molar-refractivity contribution >= 4 is 115 Å². The highest BCUT2D eigenvalue weighted by atomic mass is 79.9. The van der Waals surface area contributed by atoms with Gasteiger partial charge in [0.25, 0.3) is 5.91 Å². The third kappa shape index (κ3) is 16.5. The molecule has 9 rings (SSSR count). The second-order valence-electron chi connectivity index (χ2n) is 15.9. The summed E-state index contributed by atoms with van der Waals surface area (Å²) in [5.74, 6) is 2.47. The number of nitrogens with two attached hydrogens (primary N) is 2. The van der Waals surface area contributed by atoms with Crippen LogP contribution < -0.4 is 41.3 Å². The summed E-state index contributed by atoms with van der Waals surface area (Å²) in [6, 6.07) is 18.6. The molecule has 0 aliphatic heterocycles. The fourth-order valence-electron chi connectivity index (χ4n) is 6.85. The number of carbonyl (C=O) groups is 3. The number of carbonyl (C=O) groups excluding carboxylic acids is 2. The normalized spacial score (nSPS) is 10.2. The molecule has 0 spiro atoms.